The fourth-order valence-electron chi connectivity index (χ4n) is 4.55. The van der Waals surface area contributed by atoms with Gasteiger partial charge in [-0.2, -0.15) is 0 Å². The van der Waals surface area contributed by atoms with Gasteiger partial charge in [-0.1, -0.05) is 66.9 Å². The van der Waals surface area contributed by atoms with E-state index < -0.39 is 0 Å². The first-order chi connectivity index (χ1) is 17.5. The molecule has 8 heteroatoms. The quantitative estimate of drug-likeness (QED) is 0.322. The van der Waals surface area contributed by atoms with Crippen LogP contribution in [-0.4, -0.2) is 62.0 Å². The van der Waals surface area contributed by atoms with Gasteiger partial charge in [0, 0.05) is 37.7 Å². The SMILES string of the molecule is CC[C@H](CNC(=O)[C@H](CCN1CCCCC1)NCCNC(=O)c1ccc(Cl)c(Cl)c1)c1ccccc1. The molecule has 2 aromatic carbocycles. The van der Waals surface area contributed by atoms with Crippen LogP contribution in [0.15, 0.2) is 48.5 Å². The number of halogens is 2. The van der Waals surface area contributed by atoms with Gasteiger partial charge in [0.15, 0.2) is 0 Å². The second-order valence-electron chi connectivity index (χ2n) is 9.34. The molecule has 6 nitrogen and oxygen atoms in total. The number of nitrogens with zero attached hydrogens (tertiary/aromatic N) is 1. The fraction of sp³-hybridized carbons (Fsp3) is 0.500. The highest BCUT2D eigenvalue weighted by molar-refractivity contribution is 6.42. The van der Waals surface area contributed by atoms with E-state index >= 15 is 0 Å². The molecule has 196 valence electrons. The summed E-state index contributed by atoms with van der Waals surface area (Å²) in [4.78, 5) is 28.1. The second kappa shape index (κ2) is 15.2. The highest BCUT2D eigenvalue weighted by atomic mass is 35.5. The van der Waals surface area contributed by atoms with E-state index in [1.807, 2.05) is 18.2 Å². The number of rotatable bonds is 13. The summed E-state index contributed by atoms with van der Waals surface area (Å²) in [6.45, 7) is 6.72. The van der Waals surface area contributed by atoms with Crippen LogP contribution in [0.2, 0.25) is 10.0 Å². The van der Waals surface area contributed by atoms with Crippen molar-refractivity contribution in [3.63, 3.8) is 0 Å². The molecule has 0 aliphatic carbocycles. The van der Waals surface area contributed by atoms with Gasteiger partial charge in [0.05, 0.1) is 16.1 Å². The van der Waals surface area contributed by atoms with Gasteiger partial charge < -0.3 is 20.9 Å². The number of likely N-dealkylation sites (tertiary alicyclic amines) is 1. The average molecular weight is 534 g/mol. The molecular weight excluding hydrogens is 495 g/mol. The van der Waals surface area contributed by atoms with Crippen LogP contribution < -0.4 is 16.0 Å². The first kappa shape index (κ1) is 28.5. The van der Waals surface area contributed by atoms with Crippen LogP contribution >= 0.6 is 23.2 Å². The lowest BCUT2D eigenvalue weighted by Crippen LogP contribution is -2.49. The van der Waals surface area contributed by atoms with E-state index in [0.717, 1.165) is 32.5 Å². The molecule has 36 heavy (non-hydrogen) atoms. The maximum absolute atomic E-state index is 13.2. The summed E-state index contributed by atoms with van der Waals surface area (Å²) in [5.74, 6) is 0.0684. The number of nitrogens with one attached hydrogen (secondary N) is 3. The molecule has 1 saturated heterocycles. The topological polar surface area (TPSA) is 73.5 Å². The van der Waals surface area contributed by atoms with Crippen molar-refractivity contribution in [3.8, 4) is 0 Å². The first-order valence-corrected chi connectivity index (χ1v) is 13.7. The maximum atomic E-state index is 13.2. The number of hydrogen-bond donors (Lipinski definition) is 3. The molecule has 1 heterocycles. The Bertz CT molecular complexity index is 967. The van der Waals surface area contributed by atoms with Crippen molar-refractivity contribution < 1.29 is 9.59 Å². The van der Waals surface area contributed by atoms with Crippen molar-refractivity contribution in [2.75, 3.05) is 39.3 Å². The van der Waals surface area contributed by atoms with Gasteiger partial charge in [-0.05, 0) is 62.5 Å². The minimum atomic E-state index is -0.318. The Hall–Kier alpha value is -2.12. The minimum absolute atomic E-state index is 0.0113. The molecule has 1 aliphatic heterocycles. The molecule has 0 saturated carbocycles. The lowest BCUT2D eigenvalue weighted by molar-refractivity contribution is -0.123. The summed E-state index contributed by atoms with van der Waals surface area (Å²) in [7, 11) is 0. The zero-order valence-electron chi connectivity index (χ0n) is 21.1. The Morgan fingerprint density at radius 1 is 0.944 bits per heavy atom. The highest BCUT2D eigenvalue weighted by Gasteiger charge is 2.21. The predicted molar refractivity (Wildman–Crippen MR) is 148 cm³/mol. The van der Waals surface area contributed by atoms with Crippen LogP contribution in [0, 0.1) is 0 Å². The second-order valence-corrected chi connectivity index (χ2v) is 10.2. The van der Waals surface area contributed by atoms with Gasteiger partial charge in [0.25, 0.3) is 5.91 Å². The van der Waals surface area contributed by atoms with Crippen molar-refractivity contribution in [2.45, 2.75) is 51.0 Å². The Labute approximate surface area is 225 Å². The zero-order chi connectivity index (χ0) is 25.8. The lowest BCUT2D eigenvalue weighted by atomic mass is 9.96. The molecule has 1 fully saturated rings. The third kappa shape index (κ3) is 9.07. The third-order valence-corrected chi connectivity index (χ3v) is 7.51. The number of hydrogen-bond acceptors (Lipinski definition) is 4. The van der Waals surface area contributed by atoms with E-state index in [4.69, 9.17) is 23.2 Å². The number of carbonyl (C=O) groups is 2. The van der Waals surface area contributed by atoms with Gasteiger partial charge in [-0.3, -0.25) is 9.59 Å². The number of piperidine rings is 1. The Morgan fingerprint density at radius 3 is 2.39 bits per heavy atom. The van der Waals surface area contributed by atoms with Gasteiger partial charge >= 0.3 is 0 Å². The summed E-state index contributed by atoms with van der Waals surface area (Å²) in [6, 6.07) is 14.8. The summed E-state index contributed by atoms with van der Waals surface area (Å²) < 4.78 is 0. The predicted octanol–water partition coefficient (Wildman–Crippen LogP) is 4.87. The smallest absolute Gasteiger partial charge is 0.251 e. The Kier molecular flexibility index (Phi) is 12.0. The normalized spacial score (nSPS) is 15.8. The van der Waals surface area contributed by atoms with E-state index in [0.29, 0.717) is 35.2 Å². The van der Waals surface area contributed by atoms with E-state index in [2.05, 4.69) is 39.9 Å². The zero-order valence-corrected chi connectivity index (χ0v) is 22.6. The largest absolute Gasteiger partial charge is 0.354 e. The van der Waals surface area contributed by atoms with Gasteiger partial charge in [0.1, 0.15) is 0 Å². The lowest BCUT2D eigenvalue weighted by Gasteiger charge is -2.28. The summed E-state index contributed by atoms with van der Waals surface area (Å²) >= 11 is 12.0. The van der Waals surface area contributed by atoms with Crippen LogP contribution in [-0.2, 0) is 4.79 Å². The van der Waals surface area contributed by atoms with Crippen molar-refractivity contribution in [3.05, 3.63) is 69.7 Å². The molecule has 0 unspecified atom stereocenters. The molecule has 3 N–H and O–H groups in total. The summed E-state index contributed by atoms with van der Waals surface area (Å²) in [6.07, 6.45) is 5.42. The molecule has 0 radical (unpaired) electrons. The van der Waals surface area contributed by atoms with Crippen LogP contribution in [0.5, 0.6) is 0 Å². The molecule has 2 aromatic rings. The fourth-order valence-corrected chi connectivity index (χ4v) is 4.85. The van der Waals surface area contributed by atoms with E-state index in [9.17, 15) is 9.59 Å². The van der Waals surface area contributed by atoms with Crippen molar-refractivity contribution in [2.24, 2.45) is 0 Å². The molecule has 2 amide bonds. The molecule has 2 atom stereocenters. The standard InChI is InChI=1S/C28H38Cl2N4O2/c1-2-21(22-9-5-3-6-10-22)20-33-28(36)26(13-18-34-16-7-4-8-17-34)31-14-15-32-27(35)23-11-12-24(29)25(30)19-23/h3,5-6,9-12,19,21,26,31H,2,4,7-8,13-18,20H2,1H3,(H,32,35)(H,33,36)/t21-,26+/m1/s1. The minimum Gasteiger partial charge on any atom is -0.354 e. The number of carbonyl (C=O) groups excluding carboxylic acids is 2. The van der Waals surface area contributed by atoms with Gasteiger partial charge in [-0.25, -0.2) is 0 Å². The van der Waals surface area contributed by atoms with Crippen molar-refractivity contribution >= 4 is 35.0 Å². The third-order valence-electron chi connectivity index (χ3n) is 6.77. The van der Waals surface area contributed by atoms with E-state index in [-0.39, 0.29) is 23.8 Å². The molecule has 0 aromatic heterocycles. The number of amides is 2. The number of benzene rings is 2. The maximum Gasteiger partial charge on any atom is 0.251 e. The molecular formula is C28H38Cl2N4O2. The van der Waals surface area contributed by atoms with Crippen LogP contribution in [0.4, 0.5) is 0 Å². The molecule has 1 aliphatic rings. The monoisotopic (exact) mass is 532 g/mol. The van der Waals surface area contributed by atoms with Crippen LogP contribution in [0.25, 0.3) is 0 Å². The molecule has 0 bridgehead atoms. The first-order valence-electron chi connectivity index (χ1n) is 13.0. The highest BCUT2D eigenvalue weighted by Crippen LogP contribution is 2.22. The average Bonchev–Trinajstić information content (AvgIpc) is 2.91. The molecule has 0 spiro atoms. The van der Waals surface area contributed by atoms with E-state index in [1.54, 1.807) is 18.2 Å². The summed E-state index contributed by atoms with van der Waals surface area (Å²) in [5.41, 5.74) is 1.69. The molecule has 3 rings (SSSR count). The van der Waals surface area contributed by atoms with Crippen molar-refractivity contribution in [1.29, 1.82) is 0 Å². The Morgan fingerprint density at radius 2 is 1.69 bits per heavy atom. The Balaban J connectivity index is 1.51. The van der Waals surface area contributed by atoms with Crippen LogP contribution in [0.1, 0.15) is 60.9 Å². The van der Waals surface area contributed by atoms with Crippen LogP contribution in [0.3, 0.4) is 0 Å². The van der Waals surface area contributed by atoms with E-state index in [1.165, 1.54) is 24.8 Å². The van der Waals surface area contributed by atoms with Crippen molar-refractivity contribution in [1.82, 2.24) is 20.9 Å². The van der Waals surface area contributed by atoms with Gasteiger partial charge in [0.2, 0.25) is 5.91 Å². The summed E-state index contributed by atoms with van der Waals surface area (Å²) in [5, 5.41) is 10.2. The van der Waals surface area contributed by atoms with Gasteiger partial charge in [-0.15, -0.1) is 0 Å².